The van der Waals surface area contributed by atoms with E-state index in [2.05, 4.69) is 21.9 Å². The van der Waals surface area contributed by atoms with Gasteiger partial charge in [0, 0.05) is 5.69 Å². The summed E-state index contributed by atoms with van der Waals surface area (Å²) in [4.78, 5) is 14.9. The van der Waals surface area contributed by atoms with Gasteiger partial charge in [-0.05, 0) is 69.5 Å². The predicted octanol–water partition coefficient (Wildman–Crippen LogP) is 4.53. The molecule has 1 aromatic rings. The molecule has 1 saturated heterocycles. The first kappa shape index (κ1) is 21.6. The maximum absolute atomic E-state index is 12.7. The van der Waals surface area contributed by atoms with E-state index in [1.165, 1.54) is 12.1 Å². The molecule has 0 bridgehead atoms. The Balaban J connectivity index is 0.00000312. The van der Waals surface area contributed by atoms with Crippen LogP contribution in [0.1, 0.15) is 43.7 Å². The zero-order valence-electron chi connectivity index (χ0n) is 15.0. The van der Waals surface area contributed by atoms with Crippen LogP contribution in [0.3, 0.4) is 0 Å². The highest BCUT2D eigenvalue weighted by molar-refractivity contribution is 5.96. The number of anilines is 1. The smallest absolute Gasteiger partial charge is 0.387 e. The quantitative estimate of drug-likeness (QED) is 0.793. The third-order valence-electron chi connectivity index (χ3n) is 4.41. The number of carbonyl (C=O) groups is 1. The largest absolute Gasteiger partial charge is 0.435 e. The monoisotopic (exact) mass is 376 g/mol. The van der Waals surface area contributed by atoms with E-state index < -0.39 is 6.61 Å². The second kappa shape index (κ2) is 9.92. The van der Waals surface area contributed by atoms with E-state index in [1.807, 2.05) is 0 Å². The maximum atomic E-state index is 12.7. The highest BCUT2D eigenvalue weighted by Crippen LogP contribution is 2.28. The lowest BCUT2D eigenvalue weighted by atomic mass is 10.0. The molecule has 1 heterocycles. The molecule has 1 N–H and O–H groups in total. The summed E-state index contributed by atoms with van der Waals surface area (Å²) in [5, 5.41) is 2.99. The van der Waals surface area contributed by atoms with E-state index in [-0.39, 0.29) is 30.1 Å². The Bertz CT molecular complexity index is 559. The predicted molar refractivity (Wildman–Crippen MR) is 97.9 cm³/mol. The number of hydrogen-bond acceptors (Lipinski definition) is 3. The number of carbonyl (C=O) groups excluding carboxylic acids is 1. The number of hydrogen-bond donors (Lipinski definition) is 1. The molecule has 2 rings (SSSR count). The topological polar surface area (TPSA) is 41.6 Å². The van der Waals surface area contributed by atoms with Crippen molar-refractivity contribution in [3.8, 4) is 5.75 Å². The molecule has 7 heteroatoms. The molecule has 1 fully saturated rings. The van der Waals surface area contributed by atoms with Gasteiger partial charge in [0.15, 0.2) is 0 Å². The molecule has 1 aliphatic rings. The number of benzene rings is 1. The molecular formula is C18H27ClF2N2O2. The summed E-state index contributed by atoms with van der Waals surface area (Å²) >= 11 is 0. The van der Waals surface area contributed by atoms with Crippen molar-refractivity contribution in [1.29, 1.82) is 0 Å². The van der Waals surface area contributed by atoms with Gasteiger partial charge in [-0.25, -0.2) is 0 Å². The summed E-state index contributed by atoms with van der Waals surface area (Å²) in [7, 11) is 0. The van der Waals surface area contributed by atoms with Gasteiger partial charge in [-0.2, -0.15) is 8.78 Å². The Kier molecular flexibility index (Phi) is 8.59. The molecule has 1 amide bonds. The second-order valence-corrected chi connectivity index (χ2v) is 6.35. The fraction of sp³-hybridized carbons (Fsp3) is 0.611. The lowest BCUT2D eigenvalue weighted by Crippen LogP contribution is -2.47. The SMILES string of the molecule is CCCN1CCCC[C@H]1C(=O)Nc1c(C)cc(OC(F)F)cc1C.Cl. The van der Waals surface area contributed by atoms with Crippen LogP contribution in [0.15, 0.2) is 12.1 Å². The molecule has 1 atom stereocenters. The van der Waals surface area contributed by atoms with Crippen molar-refractivity contribution in [3.05, 3.63) is 23.3 Å². The standard InChI is InChI=1S/C18H26F2N2O2.ClH/c1-4-8-22-9-6-5-7-15(22)17(23)21-16-12(2)10-14(11-13(16)3)24-18(19)20;/h10-11,15,18H,4-9H2,1-3H3,(H,21,23);1H/t15-;/m0./s1. The fourth-order valence-corrected chi connectivity index (χ4v) is 3.34. The van der Waals surface area contributed by atoms with Crippen molar-refractivity contribution in [2.45, 2.75) is 59.1 Å². The van der Waals surface area contributed by atoms with Gasteiger partial charge in [0.25, 0.3) is 0 Å². The third kappa shape index (κ3) is 5.82. The summed E-state index contributed by atoms with van der Waals surface area (Å²) in [6.07, 6.45) is 4.05. The van der Waals surface area contributed by atoms with Crippen LogP contribution >= 0.6 is 12.4 Å². The molecule has 0 saturated carbocycles. The Hall–Kier alpha value is -1.40. The van der Waals surface area contributed by atoms with Crippen LogP contribution in [0.5, 0.6) is 5.75 Å². The number of aryl methyl sites for hydroxylation is 2. The summed E-state index contributed by atoms with van der Waals surface area (Å²) in [5.74, 6) is 0.0974. The molecule has 1 aliphatic heterocycles. The summed E-state index contributed by atoms with van der Waals surface area (Å²) in [6.45, 7) is 4.69. The van der Waals surface area contributed by atoms with Gasteiger partial charge < -0.3 is 10.1 Å². The number of amides is 1. The van der Waals surface area contributed by atoms with Crippen molar-refractivity contribution in [1.82, 2.24) is 4.90 Å². The summed E-state index contributed by atoms with van der Waals surface area (Å²) < 4.78 is 29.2. The number of alkyl halides is 2. The zero-order valence-corrected chi connectivity index (χ0v) is 15.8. The number of ether oxygens (including phenoxy) is 1. The number of halogens is 3. The van der Waals surface area contributed by atoms with Crippen LogP contribution in [0.2, 0.25) is 0 Å². The van der Waals surface area contributed by atoms with Crippen molar-refractivity contribution in [3.63, 3.8) is 0 Å². The van der Waals surface area contributed by atoms with E-state index in [0.717, 1.165) is 49.9 Å². The Labute approximate surface area is 154 Å². The summed E-state index contributed by atoms with van der Waals surface area (Å²) in [6, 6.07) is 2.94. The normalized spacial score (nSPS) is 17.9. The van der Waals surface area contributed by atoms with E-state index in [9.17, 15) is 13.6 Å². The molecule has 1 aromatic carbocycles. The molecule has 0 spiro atoms. The minimum absolute atomic E-state index is 0. The van der Waals surface area contributed by atoms with Gasteiger partial charge in [0.1, 0.15) is 5.75 Å². The van der Waals surface area contributed by atoms with Crippen LogP contribution in [0.25, 0.3) is 0 Å². The fourth-order valence-electron chi connectivity index (χ4n) is 3.34. The summed E-state index contributed by atoms with van der Waals surface area (Å²) in [5.41, 5.74) is 2.12. The maximum Gasteiger partial charge on any atom is 0.387 e. The highest BCUT2D eigenvalue weighted by atomic mass is 35.5. The van der Waals surface area contributed by atoms with E-state index in [4.69, 9.17) is 0 Å². The van der Waals surface area contributed by atoms with E-state index in [0.29, 0.717) is 5.69 Å². The number of piperidine rings is 1. The minimum Gasteiger partial charge on any atom is -0.435 e. The second-order valence-electron chi connectivity index (χ2n) is 6.35. The average molecular weight is 377 g/mol. The first-order valence-electron chi connectivity index (χ1n) is 8.53. The number of likely N-dealkylation sites (tertiary alicyclic amines) is 1. The molecule has 0 aliphatic carbocycles. The van der Waals surface area contributed by atoms with Crippen molar-refractivity contribution >= 4 is 24.0 Å². The molecule has 0 radical (unpaired) electrons. The Morgan fingerprint density at radius 3 is 2.52 bits per heavy atom. The van der Waals surface area contributed by atoms with Gasteiger partial charge in [-0.1, -0.05) is 13.3 Å². The number of nitrogens with zero attached hydrogens (tertiary/aromatic N) is 1. The average Bonchev–Trinajstić information content (AvgIpc) is 2.51. The van der Waals surface area contributed by atoms with Crippen molar-refractivity contribution in [2.75, 3.05) is 18.4 Å². The Morgan fingerprint density at radius 1 is 1.32 bits per heavy atom. The van der Waals surface area contributed by atoms with Crippen LogP contribution in [-0.4, -0.2) is 36.5 Å². The van der Waals surface area contributed by atoms with Crippen LogP contribution in [0, 0.1) is 13.8 Å². The molecule has 142 valence electrons. The highest BCUT2D eigenvalue weighted by Gasteiger charge is 2.28. The molecule has 4 nitrogen and oxygen atoms in total. The number of nitrogens with one attached hydrogen (secondary N) is 1. The Morgan fingerprint density at radius 2 is 1.96 bits per heavy atom. The van der Waals surface area contributed by atoms with Gasteiger partial charge in [0.05, 0.1) is 6.04 Å². The lowest BCUT2D eigenvalue weighted by molar-refractivity contribution is -0.122. The van der Waals surface area contributed by atoms with Gasteiger partial charge in [0.2, 0.25) is 5.91 Å². The lowest BCUT2D eigenvalue weighted by Gasteiger charge is -2.34. The van der Waals surface area contributed by atoms with Gasteiger partial charge in [-0.3, -0.25) is 9.69 Å². The van der Waals surface area contributed by atoms with Crippen LogP contribution in [0.4, 0.5) is 14.5 Å². The van der Waals surface area contributed by atoms with E-state index in [1.54, 1.807) is 13.8 Å². The molecule has 0 aromatic heterocycles. The van der Waals surface area contributed by atoms with Crippen molar-refractivity contribution in [2.24, 2.45) is 0 Å². The first-order valence-corrected chi connectivity index (χ1v) is 8.53. The van der Waals surface area contributed by atoms with Crippen molar-refractivity contribution < 1.29 is 18.3 Å². The number of rotatable bonds is 6. The third-order valence-corrected chi connectivity index (χ3v) is 4.41. The van der Waals surface area contributed by atoms with Crippen LogP contribution in [-0.2, 0) is 4.79 Å². The molecular weight excluding hydrogens is 350 g/mol. The molecule has 25 heavy (non-hydrogen) atoms. The van der Waals surface area contributed by atoms with E-state index >= 15 is 0 Å². The van der Waals surface area contributed by atoms with Crippen LogP contribution < -0.4 is 10.1 Å². The molecule has 0 unspecified atom stereocenters. The zero-order chi connectivity index (χ0) is 17.7. The minimum atomic E-state index is -2.85. The van der Waals surface area contributed by atoms with Gasteiger partial charge in [-0.15, -0.1) is 12.4 Å². The first-order chi connectivity index (χ1) is 11.4. The van der Waals surface area contributed by atoms with Gasteiger partial charge >= 0.3 is 6.61 Å².